The van der Waals surface area contributed by atoms with Gasteiger partial charge in [-0.05, 0) is 28.9 Å². The second-order valence-corrected chi connectivity index (χ2v) is 7.53. The van der Waals surface area contributed by atoms with Crippen molar-refractivity contribution < 1.29 is 13.2 Å². The Morgan fingerprint density at radius 3 is 2.65 bits per heavy atom. The zero-order valence-corrected chi connectivity index (χ0v) is 12.2. The summed E-state index contributed by atoms with van der Waals surface area (Å²) in [5.41, 5.74) is 4.85. The number of hydrogen-bond acceptors (Lipinski definition) is 4. The van der Waals surface area contributed by atoms with Gasteiger partial charge in [0, 0.05) is 18.0 Å². The van der Waals surface area contributed by atoms with E-state index in [1.54, 1.807) is 13.0 Å². The molecular weight excluding hydrogens is 330 g/mol. The molecule has 0 aliphatic heterocycles. The highest BCUT2D eigenvalue weighted by molar-refractivity contribution is 9.11. The van der Waals surface area contributed by atoms with Crippen molar-refractivity contribution in [2.45, 2.75) is 11.8 Å². The van der Waals surface area contributed by atoms with E-state index in [4.69, 9.17) is 5.73 Å². The molecule has 0 unspecified atom stereocenters. The van der Waals surface area contributed by atoms with Gasteiger partial charge >= 0.3 is 6.03 Å². The third-order valence-electron chi connectivity index (χ3n) is 1.85. The smallest absolute Gasteiger partial charge is 0.312 e. The lowest BCUT2D eigenvalue weighted by atomic mass is 10.5. The number of nitrogens with one attached hydrogen (secondary N) is 2. The highest BCUT2D eigenvalue weighted by atomic mass is 79.9. The number of hydrogen-bond donors (Lipinski definition) is 3. The van der Waals surface area contributed by atoms with E-state index < -0.39 is 16.1 Å². The minimum Gasteiger partial charge on any atom is -0.352 e. The van der Waals surface area contributed by atoms with E-state index in [0.29, 0.717) is 4.88 Å². The molecule has 0 spiro atoms. The van der Waals surface area contributed by atoms with Crippen LogP contribution in [0.15, 0.2) is 14.7 Å². The Bertz CT molecular complexity index is 512. The molecular formula is C8H12BrN3O3S2. The summed E-state index contributed by atoms with van der Waals surface area (Å²) in [5.74, 6) is 0. The zero-order chi connectivity index (χ0) is 13.1. The van der Waals surface area contributed by atoms with Crippen LogP contribution in [0, 0.1) is 6.92 Å². The van der Waals surface area contributed by atoms with Gasteiger partial charge in [-0.25, -0.2) is 17.9 Å². The van der Waals surface area contributed by atoms with Crippen LogP contribution < -0.4 is 15.8 Å². The molecule has 96 valence electrons. The van der Waals surface area contributed by atoms with Crippen LogP contribution in [-0.2, 0) is 10.0 Å². The molecule has 0 aromatic carbocycles. The molecule has 1 heterocycles. The number of thiophene rings is 1. The number of carbonyl (C=O) groups excluding carboxylic acids is 1. The monoisotopic (exact) mass is 341 g/mol. The molecule has 0 saturated carbocycles. The normalized spacial score (nSPS) is 11.4. The summed E-state index contributed by atoms with van der Waals surface area (Å²) in [4.78, 5) is 11.3. The van der Waals surface area contributed by atoms with E-state index in [1.807, 2.05) is 0 Å². The van der Waals surface area contributed by atoms with E-state index in [2.05, 4.69) is 26.0 Å². The van der Waals surface area contributed by atoms with Crippen molar-refractivity contribution in [2.24, 2.45) is 5.73 Å². The number of halogens is 1. The van der Waals surface area contributed by atoms with Gasteiger partial charge in [0.25, 0.3) is 0 Å². The fraction of sp³-hybridized carbons (Fsp3) is 0.375. The maximum absolute atomic E-state index is 11.8. The lowest BCUT2D eigenvalue weighted by Crippen LogP contribution is -2.37. The fourth-order valence-electron chi connectivity index (χ4n) is 1.15. The Labute approximate surface area is 112 Å². The average Bonchev–Trinajstić information content (AvgIpc) is 2.53. The van der Waals surface area contributed by atoms with E-state index in [0.717, 1.165) is 3.79 Å². The minimum atomic E-state index is -3.53. The molecule has 17 heavy (non-hydrogen) atoms. The number of amides is 2. The molecule has 4 N–H and O–H groups in total. The van der Waals surface area contributed by atoms with Crippen molar-refractivity contribution in [3.05, 3.63) is 14.7 Å². The number of nitrogens with two attached hydrogens (primary N) is 1. The molecule has 1 aromatic heterocycles. The molecule has 0 aliphatic carbocycles. The lowest BCUT2D eigenvalue weighted by molar-refractivity contribution is 0.249. The first-order valence-corrected chi connectivity index (χ1v) is 7.71. The maximum Gasteiger partial charge on any atom is 0.312 e. The summed E-state index contributed by atoms with van der Waals surface area (Å²) in [6, 6.07) is 0.864. The van der Waals surface area contributed by atoms with E-state index in [9.17, 15) is 13.2 Å². The number of rotatable bonds is 5. The molecule has 0 atom stereocenters. The van der Waals surface area contributed by atoms with Crippen LogP contribution in [0.25, 0.3) is 0 Å². The highest BCUT2D eigenvalue weighted by Crippen LogP contribution is 2.29. The number of urea groups is 1. The molecule has 9 heteroatoms. The van der Waals surface area contributed by atoms with Crippen molar-refractivity contribution in [1.82, 2.24) is 10.0 Å². The predicted octanol–water partition coefficient (Wildman–Crippen LogP) is 0.766. The molecule has 0 saturated heterocycles. The maximum atomic E-state index is 11.8. The zero-order valence-electron chi connectivity index (χ0n) is 8.99. The van der Waals surface area contributed by atoms with E-state index in [-0.39, 0.29) is 18.0 Å². The van der Waals surface area contributed by atoms with Crippen molar-refractivity contribution >= 4 is 43.3 Å². The van der Waals surface area contributed by atoms with Crippen LogP contribution in [0.3, 0.4) is 0 Å². The third-order valence-corrected chi connectivity index (χ3v) is 5.12. The predicted molar refractivity (Wildman–Crippen MR) is 69.5 cm³/mol. The summed E-state index contributed by atoms with van der Waals surface area (Å²) in [6.45, 7) is 1.97. The van der Waals surface area contributed by atoms with Crippen molar-refractivity contribution in [1.29, 1.82) is 0 Å². The average molecular weight is 342 g/mol. The first-order valence-electron chi connectivity index (χ1n) is 4.62. The van der Waals surface area contributed by atoms with Crippen LogP contribution in [-0.4, -0.2) is 27.5 Å². The van der Waals surface area contributed by atoms with Crippen LogP contribution in [0.1, 0.15) is 4.88 Å². The summed E-state index contributed by atoms with van der Waals surface area (Å²) >= 11 is 4.58. The van der Waals surface area contributed by atoms with Gasteiger partial charge < -0.3 is 11.1 Å². The van der Waals surface area contributed by atoms with Gasteiger partial charge in [0.05, 0.1) is 8.68 Å². The summed E-state index contributed by atoms with van der Waals surface area (Å²) in [7, 11) is -3.53. The third kappa shape index (κ3) is 4.26. The fourth-order valence-corrected chi connectivity index (χ4v) is 4.59. The molecule has 0 bridgehead atoms. The van der Waals surface area contributed by atoms with Gasteiger partial charge in [0.2, 0.25) is 10.0 Å². The first-order chi connectivity index (χ1) is 7.83. The van der Waals surface area contributed by atoms with Crippen LogP contribution in [0.5, 0.6) is 0 Å². The van der Waals surface area contributed by atoms with Crippen molar-refractivity contribution in [3.63, 3.8) is 0 Å². The van der Waals surface area contributed by atoms with Gasteiger partial charge in [-0.3, -0.25) is 0 Å². The highest BCUT2D eigenvalue weighted by Gasteiger charge is 2.18. The molecule has 0 aliphatic rings. The van der Waals surface area contributed by atoms with Crippen molar-refractivity contribution in [3.8, 4) is 0 Å². The van der Waals surface area contributed by atoms with Crippen molar-refractivity contribution in [2.75, 3.05) is 13.1 Å². The van der Waals surface area contributed by atoms with Gasteiger partial charge in [0.15, 0.2) is 0 Å². The molecule has 1 aromatic rings. The minimum absolute atomic E-state index is 0.0954. The molecule has 2 amide bonds. The van der Waals surface area contributed by atoms with E-state index >= 15 is 0 Å². The van der Waals surface area contributed by atoms with Gasteiger partial charge in [0.1, 0.15) is 0 Å². The van der Waals surface area contributed by atoms with Crippen LogP contribution >= 0.6 is 27.3 Å². The quantitative estimate of drug-likeness (QED) is 0.689. The number of primary amides is 1. The van der Waals surface area contributed by atoms with Gasteiger partial charge in [-0.15, -0.1) is 11.3 Å². The second-order valence-electron chi connectivity index (χ2n) is 3.16. The molecule has 0 fully saturated rings. The summed E-state index contributed by atoms with van der Waals surface area (Å²) in [5, 5.41) is 2.29. The van der Waals surface area contributed by atoms with Crippen LogP contribution in [0.4, 0.5) is 4.79 Å². The summed E-state index contributed by atoms with van der Waals surface area (Å²) < 4.78 is 26.8. The lowest BCUT2D eigenvalue weighted by Gasteiger charge is -2.06. The number of aryl methyl sites for hydroxylation is 1. The number of carbonyl (C=O) groups is 1. The Morgan fingerprint density at radius 1 is 1.53 bits per heavy atom. The van der Waals surface area contributed by atoms with E-state index in [1.165, 1.54) is 11.3 Å². The summed E-state index contributed by atoms with van der Waals surface area (Å²) in [6.07, 6.45) is 0. The standard InChI is InChI=1S/C8H12BrN3O3S2/c1-5-6(4-7(9)16-5)17(14,15)12-3-2-11-8(10)13/h4,12H,2-3H2,1H3,(H3,10,11,13). The largest absolute Gasteiger partial charge is 0.352 e. The second kappa shape index (κ2) is 5.80. The molecule has 1 rings (SSSR count). The Hall–Kier alpha value is -0.640. The SMILES string of the molecule is Cc1sc(Br)cc1S(=O)(=O)NCCNC(N)=O. The first kappa shape index (κ1) is 14.4. The Kier molecular flexibility index (Phi) is 4.92. The molecule has 0 radical (unpaired) electrons. The Morgan fingerprint density at radius 2 is 2.18 bits per heavy atom. The number of sulfonamides is 1. The Balaban J connectivity index is 2.63. The van der Waals surface area contributed by atoms with Gasteiger partial charge in [-0.1, -0.05) is 0 Å². The van der Waals surface area contributed by atoms with Gasteiger partial charge in [-0.2, -0.15) is 0 Å². The topological polar surface area (TPSA) is 101 Å². The van der Waals surface area contributed by atoms with Crippen LogP contribution in [0.2, 0.25) is 0 Å². The molecule has 6 nitrogen and oxygen atoms in total.